The van der Waals surface area contributed by atoms with Gasteiger partial charge in [0.05, 0.1) is 25.0 Å². The van der Waals surface area contributed by atoms with Gasteiger partial charge in [0.15, 0.2) is 0 Å². The van der Waals surface area contributed by atoms with Crippen LogP contribution in [-0.4, -0.2) is 25.0 Å². The van der Waals surface area contributed by atoms with Gasteiger partial charge in [-0.25, -0.2) is 0 Å². The van der Waals surface area contributed by atoms with E-state index in [9.17, 15) is 9.59 Å². The smallest absolute Gasteiger partial charge is 0.229 e. The molecular weight excluding hydrogens is 342 g/mol. The van der Waals surface area contributed by atoms with Crippen molar-refractivity contribution in [3.63, 3.8) is 0 Å². The Morgan fingerprint density at radius 2 is 1.93 bits per heavy atom. The molecule has 1 unspecified atom stereocenters. The molecule has 1 aliphatic heterocycles. The Morgan fingerprint density at radius 1 is 1.22 bits per heavy atom. The number of nitriles is 1. The first-order valence-electron chi connectivity index (χ1n) is 8.90. The lowest BCUT2D eigenvalue weighted by molar-refractivity contribution is -0.122. The van der Waals surface area contributed by atoms with Crippen LogP contribution >= 0.6 is 0 Å². The van der Waals surface area contributed by atoms with Crippen molar-refractivity contribution in [2.24, 2.45) is 5.92 Å². The van der Waals surface area contributed by atoms with Crippen molar-refractivity contribution < 1.29 is 14.3 Å². The summed E-state index contributed by atoms with van der Waals surface area (Å²) in [4.78, 5) is 26.5. The quantitative estimate of drug-likeness (QED) is 0.855. The number of hydrogen-bond acceptors (Lipinski definition) is 4. The first-order chi connectivity index (χ1) is 13.1. The lowest BCUT2D eigenvalue weighted by atomic mass is 10.1. The maximum Gasteiger partial charge on any atom is 0.229 e. The van der Waals surface area contributed by atoms with Gasteiger partial charge in [-0.15, -0.1) is 0 Å². The van der Waals surface area contributed by atoms with Gasteiger partial charge in [-0.1, -0.05) is 12.1 Å². The Labute approximate surface area is 158 Å². The molecule has 2 aromatic rings. The Kier molecular flexibility index (Phi) is 5.72. The van der Waals surface area contributed by atoms with Crippen molar-refractivity contribution in [2.45, 2.75) is 19.8 Å². The lowest BCUT2D eigenvalue weighted by Gasteiger charge is -2.17. The summed E-state index contributed by atoms with van der Waals surface area (Å²) >= 11 is 0. The van der Waals surface area contributed by atoms with Crippen LogP contribution < -0.4 is 15.0 Å². The molecule has 1 atom stereocenters. The fourth-order valence-corrected chi connectivity index (χ4v) is 3.06. The van der Waals surface area contributed by atoms with E-state index in [2.05, 4.69) is 11.4 Å². The second-order valence-electron chi connectivity index (χ2n) is 6.35. The molecule has 1 fully saturated rings. The van der Waals surface area contributed by atoms with Gasteiger partial charge >= 0.3 is 0 Å². The van der Waals surface area contributed by atoms with Gasteiger partial charge in [0, 0.05) is 24.3 Å². The average Bonchev–Trinajstić information content (AvgIpc) is 3.06. The monoisotopic (exact) mass is 363 g/mol. The molecule has 0 aliphatic carbocycles. The molecule has 1 aliphatic rings. The van der Waals surface area contributed by atoms with Crippen LogP contribution in [0, 0.1) is 17.2 Å². The van der Waals surface area contributed by atoms with Gasteiger partial charge in [-0.2, -0.15) is 5.26 Å². The third kappa shape index (κ3) is 4.45. The fraction of sp³-hybridized carbons (Fsp3) is 0.286. The van der Waals surface area contributed by atoms with Gasteiger partial charge < -0.3 is 15.0 Å². The zero-order chi connectivity index (χ0) is 19.2. The molecule has 1 N–H and O–H groups in total. The fourth-order valence-electron chi connectivity index (χ4n) is 3.06. The summed E-state index contributed by atoms with van der Waals surface area (Å²) in [6, 6.07) is 16.6. The summed E-state index contributed by atoms with van der Waals surface area (Å²) in [6.45, 7) is 2.85. The predicted molar refractivity (Wildman–Crippen MR) is 102 cm³/mol. The number of rotatable bonds is 6. The minimum atomic E-state index is -0.400. The van der Waals surface area contributed by atoms with Gasteiger partial charge in [-0.3, -0.25) is 9.59 Å². The highest BCUT2D eigenvalue weighted by molar-refractivity contribution is 6.03. The first-order valence-corrected chi connectivity index (χ1v) is 8.90. The number of carbonyl (C=O) groups excluding carboxylic acids is 2. The Bertz CT molecular complexity index is 854. The highest BCUT2D eigenvalue weighted by Gasteiger charge is 2.35. The van der Waals surface area contributed by atoms with E-state index in [-0.39, 0.29) is 18.2 Å². The SMILES string of the molecule is CCOc1ccc(N2CC(C(=O)Nc3ccc(CC#N)cc3)CC2=O)cc1. The maximum absolute atomic E-state index is 12.5. The number of carbonyl (C=O) groups is 2. The summed E-state index contributed by atoms with van der Waals surface area (Å²) in [6.07, 6.45) is 0.522. The van der Waals surface area contributed by atoms with Crippen LogP contribution in [0.4, 0.5) is 11.4 Å². The minimum absolute atomic E-state index is 0.0660. The van der Waals surface area contributed by atoms with Crippen molar-refractivity contribution in [1.29, 1.82) is 5.26 Å². The molecule has 3 rings (SSSR count). The van der Waals surface area contributed by atoms with E-state index < -0.39 is 5.92 Å². The van der Waals surface area contributed by atoms with Crippen molar-refractivity contribution in [2.75, 3.05) is 23.4 Å². The summed E-state index contributed by atoms with van der Waals surface area (Å²) in [7, 11) is 0. The molecular formula is C21H21N3O3. The Balaban J connectivity index is 1.62. The second-order valence-corrected chi connectivity index (χ2v) is 6.35. The molecule has 0 radical (unpaired) electrons. The molecule has 0 bridgehead atoms. The normalized spacial score (nSPS) is 16.1. The molecule has 138 valence electrons. The van der Waals surface area contributed by atoms with Crippen LogP contribution in [-0.2, 0) is 16.0 Å². The van der Waals surface area contributed by atoms with E-state index in [1.54, 1.807) is 17.0 Å². The van der Waals surface area contributed by atoms with E-state index in [1.807, 2.05) is 43.3 Å². The second kappa shape index (κ2) is 8.37. The highest BCUT2D eigenvalue weighted by atomic mass is 16.5. The standard InChI is InChI=1S/C21H21N3O3/c1-2-27-19-9-7-18(8-10-19)24-14-16(13-20(24)25)21(26)23-17-5-3-15(4-6-17)11-12-22/h3-10,16H,2,11,13-14H2,1H3,(H,23,26). The molecule has 1 heterocycles. The molecule has 27 heavy (non-hydrogen) atoms. The van der Waals surface area contributed by atoms with E-state index >= 15 is 0 Å². The number of nitrogens with zero attached hydrogens (tertiary/aromatic N) is 2. The molecule has 2 aromatic carbocycles. The molecule has 0 saturated carbocycles. The van der Waals surface area contributed by atoms with Crippen molar-refractivity contribution in [3.05, 3.63) is 54.1 Å². The first kappa shape index (κ1) is 18.5. The number of benzene rings is 2. The maximum atomic E-state index is 12.5. The number of hydrogen-bond donors (Lipinski definition) is 1. The summed E-state index contributed by atoms with van der Waals surface area (Å²) in [5.74, 6) is 0.110. The minimum Gasteiger partial charge on any atom is -0.494 e. The third-order valence-corrected chi connectivity index (χ3v) is 4.46. The largest absolute Gasteiger partial charge is 0.494 e. The van der Waals surface area contributed by atoms with Gasteiger partial charge in [0.2, 0.25) is 11.8 Å². The highest BCUT2D eigenvalue weighted by Crippen LogP contribution is 2.27. The topological polar surface area (TPSA) is 82.4 Å². The van der Waals surface area contributed by atoms with E-state index in [1.165, 1.54) is 0 Å². The summed E-state index contributed by atoms with van der Waals surface area (Å²) in [5.41, 5.74) is 2.32. The van der Waals surface area contributed by atoms with Crippen LogP contribution in [0.3, 0.4) is 0 Å². The molecule has 6 nitrogen and oxygen atoms in total. The van der Waals surface area contributed by atoms with Gasteiger partial charge in [-0.05, 0) is 48.9 Å². The number of amides is 2. The molecule has 0 aromatic heterocycles. The average molecular weight is 363 g/mol. The molecule has 6 heteroatoms. The molecule has 1 saturated heterocycles. The van der Waals surface area contributed by atoms with Crippen molar-refractivity contribution >= 4 is 23.2 Å². The molecule has 0 spiro atoms. The van der Waals surface area contributed by atoms with Gasteiger partial charge in [0.25, 0.3) is 0 Å². The Hall–Kier alpha value is -3.33. The third-order valence-electron chi connectivity index (χ3n) is 4.46. The molecule has 2 amide bonds. The van der Waals surface area contributed by atoms with Crippen LogP contribution in [0.1, 0.15) is 18.9 Å². The van der Waals surface area contributed by atoms with Crippen LogP contribution in [0.5, 0.6) is 5.75 Å². The van der Waals surface area contributed by atoms with E-state index in [4.69, 9.17) is 10.00 Å². The zero-order valence-corrected chi connectivity index (χ0v) is 15.1. The summed E-state index contributed by atoms with van der Waals surface area (Å²) < 4.78 is 5.41. The Morgan fingerprint density at radius 3 is 2.56 bits per heavy atom. The number of nitrogens with one attached hydrogen (secondary N) is 1. The predicted octanol–water partition coefficient (Wildman–Crippen LogP) is 3.14. The van der Waals surface area contributed by atoms with Crippen LogP contribution in [0.2, 0.25) is 0 Å². The van der Waals surface area contributed by atoms with Gasteiger partial charge in [0.1, 0.15) is 5.75 Å². The number of anilines is 2. The summed E-state index contributed by atoms with van der Waals surface area (Å²) in [5, 5.41) is 11.6. The van der Waals surface area contributed by atoms with Crippen LogP contribution in [0.25, 0.3) is 0 Å². The van der Waals surface area contributed by atoms with Crippen molar-refractivity contribution in [3.8, 4) is 11.8 Å². The number of ether oxygens (including phenoxy) is 1. The van der Waals surface area contributed by atoms with Crippen LogP contribution in [0.15, 0.2) is 48.5 Å². The lowest BCUT2D eigenvalue weighted by Crippen LogP contribution is -2.28. The van der Waals surface area contributed by atoms with E-state index in [0.717, 1.165) is 17.0 Å². The zero-order valence-electron chi connectivity index (χ0n) is 15.1. The van der Waals surface area contributed by atoms with Crippen molar-refractivity contribution in [1.82, 2.24) is 0 Å². The van der Waals surface area contributed by atoms with E-state index in [0.29, 0.717) is 25.3 Å².